The summed E-state index contributed by atoms with van der Waals surface area (Å²) in [4.78, 5) is 30.9. The van der Waals surface area contributed by atoms with Crippen LogP contribution < -0.4 is 10.2 Å². The summed E-state index contributed by atoms with van der Waals surface area (Å²) < 4.78 is 0. The standard InChI is InChI=1S/C12H12Cl2N4O2/c13-7-3-9(14)10(15-4-7)17-1-2-18-8(6-17)5-16-11(19)12(18)20/h3-4,8H,1-2,5-6H2,(H,16,19). The van der Waals surface area contributed by atoms with E-state index in [1.807, 2.05) is 4.90 Å². The van der Waals surface area contributed by atoms with Crippen molar-refractivity contribution in [2.24, 2.45) is 0 Å². The molecule has 3 rings (SSSR count). The van der Waals surface area contributed by atoms with Crippen molar-refractivity contribution in [3.05, 3.63) is 22.3 Å². The predicted molar refractivity (Wildman–Crippen MR) is 75.0 cm³/mol. The third-order valence-electron chi connectivity index (χ3n) is 3.52. The van der Waals surface area contributed by atoms with Gasteiger partial charge in [-0.2, -0.15) is 0 Å². The molecule has 1 unspecified atom stereocenters. The van der Waals surface area contributed by atoms with Crippen LogP contribution in [0.5, 0.6) is 0 Å². The zero-order chi connectivity index (χ0) is 14.3. The number of carbonyl (C=O) groups excluding carboxylic acids is 2. The molecular weight excluding hydrogens is 303 g/mol. The fraction of sp³-hybridized carbons (Fsp3) is 0.417. The first kappa shape index (κ1) is 13.5. The second-order valence-electron chi connectivity index (χ2n) is 4.77. The molecule has 8 heteroatoms. The molecule has 0 aromatic carbocycles. The number of anilines is 1. The Hall–Kier alpha value is -1.53. The quantitative estimate of drug-likeness (QED) is 0.768. The number of hydrogen-bond donors (Lipinski definition) is 1. The number of pyridine rings is 1. The van der Waals surface area contributed by atoms with Gasteiger partial charge in [0, 0.05) is 32.4 Å². The maximum absolute atomic E-state index is 11.8. The minimum Gasteiger partial charge on any atom is -0.351 e. The molecule has 2 saturated heterocycles. The molecule has 0 aliphatic carbocycles. The van der Waals surface area contributed by atoms with Crippen LogP contribution in [0.15, 0.2) is 12.3 Å². The fourth-order valence-electron chi connectivity index (χ4n) is 2.55. The Kier molecular flexibility index (Phi) is 3.43. The van der Waals surface area contributed by atoms with Crippen molar-refractivity contribution < 1.29 is 9.59 Å². The van der Waals surface area contributed by atoms with Crippen LogP contribution in [0.4, 0.5) is 5.82 Å². The molecule has 0 radical (unpaired) electrons. The number of fused-ring (bicyclic) bond motifs is 1. The number of rotatable bonds is 1. The van der Waals surface area contributed by atoms with E-state index in [0.29, 0.717) is 42.0 Å². The summed E-state index contributed by atoms with van der Waals surface area (Å²) in [6.45, 7) is 2.11. The van der Waals surface area contributed by atoms with E-state index in [9.17, 15) is 9.59 Å². The van der Waals surface area contributed by atoms with Crippen molar-refractivity contribution in [1.29, 1.82) is 0 Å². The Bertz CT molecular complexity index is 581. The van der Waals surface area contributed by atoms with E-state index >= 15 is 0 Å². The highest BCUT2D eigenvalue weighted by Gasteiger charge is 2.38. The number of carbonyl (C=O) groups is 2. The highest BCUT2D eigenvalue weighted by Crippen LogP contribution is 2.28. The van der Waals surface area contributed by atoms with Gasteiger partial charge in [-0.25, -0.2) is 4.98 Å². The zero-order valence-corrected chi connectivity index (χ0v) is 12.0. The van der Waals surface area contributed by atoms with Crippen molar-refractivity contribution in [3.63, 3.8) is 0 Å². The Balaban J connectivity index is 1.79. The molecule has 1 aromatic heterocycles. The lowest BCUT2D eigenvalue weighted by Crippen LogP contribution is -2.65. The maximum atomic E-state index is 11.8. The molecule has 3 heterocycles. The Labute approximate surface area is 125 Å². The summed E-state index contributed by atoms with van der Waals surface area (Å²) in [5, 5.41) is 3.56. The summed E-state index contributed by atoms with van der Waals surface area (Å²) >= 11 is 12.0. The van der Waals surface area contributed by atoms with Crippen molar-refractivity contribution >= 4 is 40.8 Å². The Morgan fingerprint density at radius 2 is 2.10 bits per heavy atom. The largest absolute Gasteiger partial charge is 0.351 e. The fourth-order valence-corrected chi connectivity index (χ4v) is 3.05. The Morgan fingerprint density at radius 1 is 1.30 bits per heavy atom. The van der Waals surface area contributed by atoms with E-state index in [4.69, 9.17) is 23.2 Å². The van der Waals surface area contributed by atoms with Crippen LogP contribution in [0.25, 0.3) is 0 Å². The Morgan fingerprint density at radius 3 is 2.85 bits per heavy atom. The van der Waals surface area contributed by atoms with Gasteiger partial charge in [-0.15, -0.1) is 0 Å². The molecule has 20 heavy (non-hydrogen) atoms. The predicted octanol–water partition coefficient (Wildman–Crippen LogP) is 0.535. The molecular formula is C12H12Cl2N4O2. The monoisotopic (exact) mass is 314 g/mol. The van der Waals surface area contributed by atoms with Crippen molar-refractivity contribution in [1.82, 2.24) is 15.2 Å². The van der Waals surface area contributed by atoms with Crippen LogP contribution in [-0.2, 0) is 9.59 Å². The summed E-state index contributed by atoms with van der Waals surface area (Å²) in [5.41, 5.74) is 0. The SMILES string of the molecule is O=C1NCC2CN(c3ncc(Cl)cc3Cl)CCN2C1=O. The van der Waals surface area contributed by atoms with Crippen molar-refractivity contribution in [2.45, 2.75) is 6.04 Å². The lowest BCUT2D eigenvalue weighted by Gasteiger charge is -2.43. The van der Waals surface area contributed by atoms with E-state index in [-0.39, 0.29) is 6.04 Å². The maximum Gasteiger partial charge on any atom is 0.312 e. The first-order chi connectivity index (χ1) is 9.56. The van der Waals surface area contributed by atoms with Gasteiger partial charge < -0.3 is 15.1 Å². The van der Waals surface area contributed by atoms with Gasteiger partial charge in [0.15, 0.2) is 0 Å². The molecule has 2 aliphatic rings. The molecule has 2 aliphatic heterocycles. The van der Waals surface area contributed by atoms with Crippen molar-refractivity contribution in [2.75, 3.05) is 31.1 Å². The second kappa shape index (κ2) is 5.10. The van der Waals surface area contributed by atoms with Gasteiger partial charge in [-0.1, -0.05) is 23.2 Å². The molecule has 0 saturated carbocycles. The summed E-state index contributed by atoms with van der Waals surface area (Å²) in [5.74, 6) is -0.339. The number of hydrogen-bond acceptors (Lipinski definition) is 4. The minimum atomic E-state index is -0.530. The van der Waals surface area contributed by atoms with Gasteiger partial charge in [0.25, 0.3) is 0 Å². The molecule has 1 atom stereocenters. The normalized spacial score (nSPS) is 22.6. The number of nitrogens with zero attached hydrogens (tertiary/aromatic N) is 3. The van der Waals surface area contributed by atoms with Gasteiger partial charge in [0.05, 0.1) is 16.1 Å². The second-order valence-corrected chi connectivity index (χ2v) is 5.61. The van der Waals surface area contributed by atoms with E-state index < -0.39 is 11.8 Å². The number of halogens is 2. The van der Waals surface area contributed by atoms with Crippen LogP contribution in [0.2, 0.25) is 10.0 Å². The van der Waals surface area contributed by atoms with Gasteiger partial charge in [-0.05, 0) is 6.07 Å². The smallest absolute Gasteiger partial charge is 0.312 e. The van der Waals surface area contributed by atoms with Gasteiger partial charge >= 0.3 is 11.8 Å². The third-order valence-corrected chi connectivity index (χ3v) is 4.01. The third kappa shape index (κ3) is 2.29. The number of piperazine rings is 2. The zero-order valence-electron chi connectivity index (χ0n) is 10.5. The molecule has 0 spiro atoms. The number of nitrogens with one attached hydrogen (secondary N) is 1. The van der Waals surface area contributed by atoms with Crippen LogP contribution in [0.1, 0.15) is 0 Å². The molecule has 6 nitrogen and oxygen atoms in total. The molecule has 1 N–H and O–H groups in total. The number of aromatic nitrogens is 1. The summed E-state index contributed by atoms with van der Waals surface area (Å²) in [6, 6.07) is 1.59. The highest BCUT2D eigenvalue weighted by atomic mass is 35.5. The van der Waals surface area contributed by atoms with Crippen LogP contribution in [-0.4, -0.2) is 53.9 Å². The van der Waals surface area contributed by atoms with Gasteiger partial charge in [-0.3, -0.25) is 9.59 Å². The molecule has 2 fully saturated rings. The minimum absolute atomic E-state index is 0.0532. The molecule has 1 aromatic rings. The van der Waals surface area contributed by atoms with E-state index in [1.165, 1.54) is 0 Å². The number of amides is 2. The molecule has 0 bridgehead atoms. The lowest BCUT2D eigenvalue weighted by molar-refractivity contribution is -0.150. The van der Waals surface area contributed by atoms with Crippen LogP contribution >= 0.6 is 23.2 Å². The average molecular weight is 315 g/mol. The topological polar surface area (TPSA) is 65.5 Å². The van der Waals surface area contributed by atoms with E-state index in [2.05, 4.69) is 10.3 Å². The first-order valence-corrected chi connectivity index (χ1v) is 6.96. The lowest BCUT2D eigenvalue weighted by atomic mass is 10.1. The summed E-state index contributed by atoms with van der Waals surface area (Å²) in [7, 11) is 0. The summed E-state index contributed by atoms with van der Waals surface area (Å²) in [6.07, 6.45) is 1.54. The van der Waals surface area contributed by atoms with Crippen LogP contribution in [0.3, 0.4) is 0 Å². The van der Waals surface area contributed by atoms with Crippen LogP contribution in [0, 0.1) is 0 Å². The van der Waals surface area contributed by atoms with E-state index in [1.54, 1.807) is 17.2 Å². The van der Waals surface area contributed by atoms with Gasteiger partial charge in [0.2, 0.25) is 0 Å². The van der Waals surface area contributed by atoms with Crippen molar-refractivity contribution in [3.8, 4) is 0 Å². The van der Waals surface area contributed by atoms with E-state index in [0.717, 1.165) is 0 Å². The molecule has 2 amide bonds. The van der Waals surface area contributed by atoms with Gasteiger partial charge in [0.1, 0.15) is 5.82 Å². The average Bonchev–Trinajstić information content (AvgIpc) is 2.43. The molecule has 106 valence electrons. The highest BCUT2D eigenvalue weighted by molar-refractivity contribution is 6.36. The first-order valence-electron chi connectivity index (χ1n) is 6.21.